The van der Waals surface area contributed by atoms with Crippen molar-refractivity contribution in [3.05, 3.63) is 93.5 Å². The summed E-state index contributed by atoms with van der Waals surface area (Å²) in [5.41, 5.74) is 6.13. The van der Waals surface area contributed by atoms with Gasteiger partial charge in [-0.3, -0.25) is 9.97 Å². The van der Waals surface area contributed by atoms with Crippen LogP contribution in [0.3, 0.4) is 0 Å². The molecule has 0 N–H and O–H groups in total. The molecule has 1 atom stereocenters. The Morgan fingerprint density at radius 1 is 0.958 bits per heavy atom. The van der Waals surface area contributed by atoms with E-state index in [4.69, 9.17) is 0 Å². The lowest BCUT2D eigenvalue weighted by Crippen LogP contribution is -2.07. The second-order valence-electron chi connectivity index (χ2n) is 6.15. The first kappa shape index (κ1) is 16.8. The fourth-order valence-corrected chi connectivity index (χ4v) is 3.35. The Bertz CT molecular complexity index is 812. The molecule has 0 saturated heterocycles. The molecule has 3 rings (SSSR count). The largest absolute Gasteiger partial charge is 0.262 e. The first-order valence-corrected chi connectivity index (χ1v) is 9.01. The van der Waals surface area contributed by atoms with E-state index in [1.807, 2.05) is 25.4 Å². The van der Waals surface area contributed by atoms with Crippen LogP contribution < -0.4 is 0 Å². The third-order valence-corrected chi connectivity index (χ3v) is 4.86. The van der Waals surface area contributed by atoms with Gasteiger partial charge in [0.05, 0.1) is 5.69 Å². The van der Waals surface area contributed by atoms with Crippen LogP contribution >= 0.6 is 15.9 Å². The molecule has 0 saturated carbocycles. The first-order chi connectivity index (χ1) is 11.6. The van der Waals surface area contributed by atoms with Crippen LogP contribution in [-0.2, 0) is 6.42 Å². The average Bonchev–Trinajstić information content (AvgIpc) is 2.58. The normalized spacial score (nSPS) is 12.1. The van der Waals surface area contributed by atoms with Crippen molar-refractivity contribution in [1.29, 1.82) is 0 Å². The summed E-state index contributed by atoms with van der Waals surface area (Å²) in [5, 5.41) is 0. The van der Waals surface area contributed by atoms with Crippen molar-refractivity contribution >= 4 is 15.9 Å². The van der Waals surface area contributed by atoms with Crippen molar-refractivity contribution in [2.45, 2.75) is 32.6 Å². The number of hydrogen-bond donors (Lipinski definition) is 0. The van der Waals surface area contributed by atoms with Crippen LogP contribution in [0.15, 0.2) is 65.4 Å². The van der Waals surface area contributed by atoms with E-state index in [9.17, 15) is 0 Å². The Balaban J connectivity index is 1.90. The molecule has 0 aliphatic carbocycles. The van der Waals surface area contributed by atoms with E-state index >= 15 is 0 Å². The van der Waals surface area contributed by atoms with E-state index in [2.05, 4.69) is 75.3 Å². The van der Waals surface area contributed by atoms with Crippen LogP contribution in [0, 0.1) is 13.8 Å². The minimum Gasteiger partial charge on any atom is -0.262 e. The SMILES string of the molecule is Cc1cc(CCC(c2ccc(Br)cc2)c2ncccc2C)ccn1. The number of aryl methyl sites for hydroxylation is 3. The summed E-state index contributed by atoms with van der Waals surface area (Å²) in [6.07, 6.45) is 5.83. The van der Waals surface area contributed by atoms with E-state index in [-0.39, 0.29) is 0 Å². The maximum absolute atomic E-state index is 4.68. The smallest absolute Gasteiger partial charge is 0.0507 e. The van der Waals surface area contributed by atoms with Crippen molar-refractivity contribution in [3.63, 3.8) is 0 Å². The topological polar surface area (TPSA) is 25.8 Å². The minimum absolute atomic E-state index is 0.299. The molecule has 24 heavy (non-hydrogen) atoms. The zero-order chi connectivity index (χ0) is 16.9. The van der Waals surface area contributed by atoms with Gasteiger partial charge in [0.2, 0.25) is 0 Å². The molecule has 0 bridgehead atoms. The number of aromatic nitrogens is 2. The number of halogens is 1. The zero-order valence-electron chi connectivity index (χ0n) is 14.0. The molecular formula is C21H21BrN2. The van der Waals surface area contributed by atoms with Gasteiger partial charge < -0.3 is 0 Å². The number of benzene rings is 1. The molecule has 2 aromatic heterocycles. The highest BCUT2D eigenvalue weighted by Crippen LogP contribution is 2.31. The molecule has 122 valence electrons. The molecule has 1 unspecified atom stereocenters. The predicted molar refractivity (Wildman–Crippen MR) is 102 cm³/mol. The maximum atomic E-state index is 4.68. The highest BCUT2D eigenvalue weighted by molar-refractivity contribution is 9.10. The Morgan fingerprint density at radius 2 is 1.75 bits per heavy atom. The van der Waals surface area contributed by atoms with Crippen molar-refractivity contribution in [1.82, 2.24) is 9.97 Å². The van der Waals surface area contributed by atoms with Crippen LogP contribution in [-0.4, -0.2) is 9.97 Å². The lowest BCUT2D eigenvalue weighted by Gasteiger charge is -2.19. The summed E-state index contributed by atoms with van der Waals surface area (Å²) >= 11 is 3.53. The standard InChI is InChI=1S/C21H21BrN2/c1-15-4-3-12-24-21(15)20(18-6-8-19(22)9-7-18)10-5-17-11-13-23-16(2)14-17/h3-4,6-9,11-14,20H,5,10H2,1-2H3. The van der Waals surface area contributed by atoms with E-state index in [0.29, 0.717) is 5.92 Å². The molecule has 2 heterocycles. The lowest BCUT2D eigenvalue weighted by atomic mass is 9.87. The lowest BCUT2D eigenvalue weighted by molar-refractivity contribution is 0.689. The summed E-state index contributed by atoms with van der Waals surface area (Å²) in [4.78, 5) is 8.97. The van der Waals surface area contributed by atoms with Gasteiger partial charge in [-0.15, -0.1) is 0 Å². The van der Waals surface area contributed by atoms with Gasteiger partial charge >= 0.3 is 0 Å². The fourth-order valence-electron chi connectivity index (χ4n) is 3.09. The van der Waals surface area contributed by atoms with Gasteiger partial charge in [0.15, 0.2) is 0 Å². The Kier molecular flexibility index (Phi) is 5.41. The second-order valence-corrected chi connectivity index (χ2v) is 7.07. The molecule has 0 amide bonds. The highest BCUT2D eigenvalue weighted by atomic mass is 79.9. The zero-order valence-corrected chi connectivity index (χ0v) is 15.6. The monoisotopic (exact) mass is 380 g/mol. The Labute approximate surface area is 152 Å². The average molecular weight is 381 g/mol. The Hall–Kier alpha value is -2.00. The van der Waals surface area contributed by atoms with Crippen LogP contribution in [0.5, 0.6) is 0 Å². The van der Waals surface area contributed by atoms with Crippen molar-refractivity contribution in [2.24, 2.45) is 0 Å². The summed E-state index contributed by atoms with van der Waals surface area (Å²) in [6, 6.07) is 17.0. The quantitative estimate of drug-likeness (QED) is 0.573. The van der Waals surface area contributed by atoms with Gasteiger partial charge in [-0.25, -0.2) is 0 Å². The van der Waals surface area contributed by atoms with Gasteiger partial charge in [-0.2, -0.15) is 0 Å². The highest BCUT2D eigenvalue weighted by Gasteiger charge is 2.17. The molecule has 3 heteroatoms. The summed E-state index contributed by atoms with van der Waals surface area (Å²) < 4.78 is 1.10. The molecule has 0 fully saturated rings. The summed E-state index contributed by atoms with van der Waals surface area (Å²) in [6.45, 7) is 4.18. The number of hydrogen-bond acceptors (Lipinski definition) is 2. The van der Waals surface area contributed by atoms with Crippen LogP contribution in [0.25, 0.3) is 0 Å². The number of pyridine rings is 2. The van der Waals surface area contributed by atoms with Gasteiger partial charge in [-0.05, 0) is 73.7 Å². The summed E-state index contributed by atoms with van der Waals surface area (Å²) in [5.74, 6) is 0.299. The van der Waals surface area contributed by atoms with E-state index in [1.54, 1.807) is 0 Å². The second kappa shape index (κ2) is 7.71. The van der Waals surface area contributed by atoms with E-state index in [1.165, 1.54) is 22.4 Å². The fraction of sp³-hybridized carbons (Fsp3) is 0.238. The van der Waals surface area contributed by atoms with Gasteiger partial charge in [-0.1, -0.05) is 34.1 Å². The third kappa shape index (κ3) is 4.09. The van der Waals surface area contributed by atoms with Gasteiger partial charge in [0, 0.05) is 28.5 Å². The molecule has 1 aromatic carbocycles. The minimum atomic E-state index is 0.299. The van der Waals surface area contributed by atoms with Gasteiger partial charge in [0.25, 0.3) is 0 Å². The van der Waals surface area contributed by atoms with Crippen LogP contribution in [0.2, 0.25) is 0 Å². The molecule has 3 aromatic rings. The van der Waals surface area contributed by atoms with Crippen molar-refractivity contribution in [2.75, 3.05) is 0 Å². The molecule has 0 radical (unpaired) electrons. The van der Waals surface area contributed by atoms with Crippen LogP contribution in [0.1, 0.15) is 40.4 Å². The maximum Gasteiger partial charge on any atom is 0.0507 e. The van der Waals surface area contributed by atoms with Crippen LogP contribution in [0.4, 0.5) is 0 Å². The van der Waals surface area contributed by atoms with Gasteiger partial charge in [0.1, 0.15) is 0 Å². The molecule has 0 aliphatic heterocycles. The first-order valence-electron chi connectivity index (χ1n) is 8.22. The third-order valence-electron chi connectivity index (χ3n) is 4.34. The van der Waals surface area contributed by atoms with E-state index in [0.717, 1.165) is 23.0 Å². The molecule has 0 spiro atoms. The van der Waals surface area contributed by atoms with Crippen molar-refractivity contribution < 1.29 is 0 Å². The van der Waals surface area contributed by atoms with E-state index < -0.39 is 0 Å². The number of nitrogens with zero attached hydrogens (tertiary/aromatic N) is 2. The molecular weight excluding hydrogens is 360 g/mol. The van der Waals surface area contributed by atoms with Crippen molar-refractivity contribution in [3.8, 4) is 0 Å². The number of rotatable bonds is 5. The summed E-state index contributed by atoms with van der Waals surface area (Å²) in [7, 11) is 0. The predicted octanol–water partition coefficient (Wildman–Crippen LogP) is 5.62. The Morgan fingerprint density at radius 3 is 2.46 bits per heavy atom. The molecule has 0 aliphatic rings. The molecule has 2 nitrogen and oxygen atoms in total.